The van der Waals surface area contributed by atoms with Crippen molar-refractivity contribution < 1.29 is 5.11 Å². The molecule has 1 aliphatic rings. The quantitative estimate of drug-likeness (QED) is 0.432. The summed E-state index contributed by atoms with van der Waals surface area (Å²) in [5, 5.41) is 9.03. The Labute approximate surface area is 47.6 Å². The molecule has 40 valence electrons. The van der Waals surface area contributed by atoms with E-state index in [2.05, 4.69) is 10.9 Å². The molecule has 0 aliphatic carbocycles. The van der Waals surface area contributed by atoms with Gasteiger partial charge in [0.05, 0.1) is 6.21 Å². The number of aliphatic hydroxyl groups is 1. The van der Waals surface area contributed by atoms with Crippen LogP contribution in [0.4, 0.5) is 0 Å². The van der Waals surface area contributed by atoms with Crippen LogP contribution in [-0.4, -0.2) is 16.9 Å². The summed E-state index contributed by atoms with van der Waals surface area (Å²) >= 11 is 0. The van der Waals surface area contributed by atoms with Gasteiger partial charge in [0.1, 0.15) is 0 Å². The van der Waals surface area contributed by atoms with Gasteiger partial charge in [-0.2, -0.15) is 0 Å². The molecule has 0 unspecified atom stereocenters. The first-order valence-corrected chi connectivity index (χ1v) is 2.19. The number of rotatable bonds is 0. The first kappa shape index (κ1) is 5.07. The number of nitrogens with zero attached hydrogens (tertiary/aromatic N) is 1. The minimum Gasteiger partial charge on any atom is -0.369 e. The molecule has 0 aromatic rings. The standard InChI is InChI=1S/C6H5NO/c1-2-6(8)3-4-7-5-6/h1,3-5,8H/t6-/m0/s1. The lowest BCUT2D eigenvalue weighted by atomic mass is 10.1. The van der Waals surface area contributed by atoms with Crippen molar-refractivity contribution in [2.24, 2.45) is 4.99 Å². The van der Waals surface area contributed by atoms with Crippen LogP contribution in [0.1, 0.15) is 0 Å². The Bertz CT molecular complexity index is 173. The van der Waals surface area contributed by atoms with Crippen LogP contribution in [0.3, 0.4) is 0 Å². The van der Waals surface area contributed by atoms with Crippen molar-refractivity contribution in [1.82, 2.24) is 0 Å². The van der Waals surface area contributed by atoms with Gasteiger partial charge >= 0.3 is 0 Å². The summed E-state index contributed by atoms with van der Waals surface area (Å²) in [4.78, 5) is 3.61. The minimum atomic E-state index is -1.21. The molecule has 2 nitrogen and oxygen atoms in total. The summed E-state index contributed by atoms with van der Waals surface area (Å²) in [6.07, 6.45) is 9.16. The molecule has 0 amide bonds. The molecule has 0 radical (unpaired) electrons. The van der Waals surface area contributed by atoms with Crippen LogP contribution in [0.25, 0.3) is 0 Å². The fraction of sp³-hybridized carbons (Fsp3) is 0.167. The molecule has 2 heteroatoms. The average molecular weight is 107 g/mol. The van der Waals surface area contributed by atoms with Crippen molar-refractivity contribution in [3.05, 3.63) is 12.3 Å². The zero-order valence-corrected chi connectivity index (χ0v) is 4.20. The Morgan fingerprint density at radius 2 is 2.50 bits per heavy atom. The van der Waals surface area contributed by atoms with Gasteiger partial charge in [0.2, 0.25) is 0 Å². The molecule has 1 heterocycles. The lowest BCUT2D eigenvalue weighted by Crippen LogP contribution is -2.22. The Hall–Kier alpha value is -1.07. The molecule has 0 saturated heterocycles. The van der Waals surface area contributed by atoms with E-state index in [1.165, 1.54) is 18.5 Å². The fourth-order valence-electron chi connectivity index (χ4n) is 0.442. The molecule has 0 bridgehead atoms. The maximum absolute atomic E-state index is 9.03. The predicted octanol–water partition coefficient (Wildman–Crippen LogP) is -0.0512. The summed E-state index contributed by atoms with van der Waals surface area (Å²) in [6, 6.07) is 0. The molecule has 1 N–H and O–H groups in total. The first-order chi connectivity index (χ1) is 3.77. The van der Waals surface area contributed by atoms with Crippen LogP contribution in [0.15, 0.2) is 17.3 Å². The highest BCUT2D eigenvalue weighted by Gasteiger charge is 2.18. The van der Waals surface area contributed by atoms with Gasteiger partial charge in [0.15, 0.2) is 5.60 Å². The molecule has 0 fully saturated rings. The molecule has 0 aromatic carbocycles. The number of terminal acetylenes is 1. The summed E-state index contributed by atoms with van der Waals surface area (Å²) in [6.45, 7) is 0. The summed E-state index contributed by atoms with van der Waals surface area (Å²) in [5.41, 5.74) is -1.21. The molecule has 1 aliphatic heterocycles. The smallest absolute Gasteiger partial charge is 0.181 e. The first-order valence-electron chi connectivity index (χ1n) is 2.19. The third-order valence-electron chi connectivity index (χ3n) is 0.917. The highest BCUT2D eigenvalue weighted by Crippen LogP contribution is 2.06. The molecular formula is C6H5NO. The lowest BCUT2D eigenvalue weighted by Gasteiger charge is -2.04. The second-order valence-electron chi connectivity index (χ2n) is 1.56. The second-order valence-corrected chi connectivity index (χ2v) is 1.56. The topological polar surface area (TPSA) is 32.6 Å². The van der Waals surface area contributed by atoms with Gasteiger partial charge in [0.25, 0.3) is 0 Å². The molecule has 1 rings (SSSR count). The monoisotopic (exact) mass is 107 g/mol. The minimum absolute atomic E-state index is 1.21. The Morgan fingerprint density at radius 3 is 2.75 bits per heavy atom. The Morgan fingerprint density at radius 1 is 1.75 bits per heavy atom. The van der Waals surface area contributed by atoms with Crippen molar-refractivity contribution in [2.75, 3.05) is 0 Å². The van der Waals surface area contributed by atoms with Gasteiger partial charge < -0.3 is 5.11 Å². The van der Waals surface area contributed by atoms with E-state index in [9.17, 15) is 0 Å². The number of hydrogen-bond donors (Lipinski definition) is 1. The van der Waals surface area contributed by atoms with Crippen molar-refractivity contribution in [3.63, 3.8) is 0 Å². The molecule has 0 spiro atoms. The third-order valence-corrected chi connectivity index (χ3v) is 0.917. The highest BCUT2D eigenvalue weighted by atomic mass is 16.3. The van der Waals surface area contributed by atoms with Crippen LogP contribution in [0, 0.1) is 12.3 Å². The maximum Gasteiger partial charge on any atom is 0.181 e. The zero-order valence-electron chi connectivity index (χ0n) is 4.20. The van der Waals surface area contributed by atoms with E-state index in [4.69, 9.17) is 11.5 Å². The van der Waals surface area contributed by atoms with Gasteiger partial charge in [-0.05, 0) is 6.08 Å². The summed E-state index contributed by atoms with van der Waals surface area (Å²) < 4.78 is 0. The maximum atomic E-state index is 9.03. The Balaban J connectivity index is 2.89. The van der Waals surface area contributed by atoms with E-state index < -0.39 is 5.60 Å². The summed E-state index contributed by atoms with van der Waals surface area (Å²) in [5.74, 6) is 2.16. The second kappa shape index (κ2) is 1.46. The van der Waals surface area contributed by atoms with Crippen LogP contribution in [-0.2, 0) is 0 Å². The average Bonchev–Trinajstić information content (AvgIpc) is 2.17. The Kier molecular flexibility index (Phi) is 0.927. The van der Waals surface area contributed by atoms with Gasteiger partial charge in [0, 0.05) is 6.20 Å². The molecule has 8 heavy (non-hydrogen) atoms. The van der Waals surface area contributed by atoms with E-state index in [0.29, 0.717) is 0 Å². The molecule has 0 saturated carbocycles. The van der Waals surface area contributed by atoms with Crippen molar-refractivity contribution >= 4 is 6.21 Å². The van der Waals surface area contributed by atoms with Gasteiger partial charge in [-0.15, -0.1) is 6.42 Å². The summed E-state index contributed by atoms with van der Waals surface area (Å²) in [7, 11) is 0. The normalized spacial score (nSPS) is 33.0. The molecule has 1 atom stereocenters. The van der Waals surface area contributed by atoms with Gasteiger partial charge in [-0.1, -0.05) is 5.92 Å². The van der Waals surface area contributed by atoms with E-state index >= 15 is 0 Å². The largest absolute Gasteiger partial charge is 0.369 e. The molecule has 0 aromatic heterocycles. The van der Waals surface area contributed by atoms with Crippen molar-refractivity contribution in [2.45, 2.75) is 5.60 Å². The van der Waals surface area contributed by atoms with E-state index in [1.807, 2.05) is 0 Å². The number of aliphatic imine (C=N–C) groups is 1. The van der Waals surface area contributed by atoms with Crippen LogP contribution >= 0.6 is 0 Å². The molecular weight excluding hydrogens is 102 g/mol. The SMILES string of the molecule is C#C[C@]1(O)C=CN=C1. The van der Waals surface area contributed by atoms with Gasteiger partial charge in [-0.3, -0.25) is 4.99 Å². The van der Waals surface area contributed by atoms with Crippen molar-refractivity contribution in [3.8, 4) is 12.3 Å². The van der Waals surface area contributed by atoms with Crippen LogP contribution < -0.4 is 0 Å². The van der Waals surface area contributed by atoms with Gasteiger partial charge in [-0.25, -0.2) is 0 Å². The highest BCUT2D eigenvalue weighted by molar-refractivity contribution is 5.79. The van der Waals surface area contributed by atoms with E-state index in [0.717, 1.165) is 0 Å². The van der Waals surface area contributed by atoms with Crippen LogP contribution in [0.2, 0.25) is 0 Å². The predicted molar refractivity (Wildman–Crippen MR) is 31.4 cm³/mol. The lowest BCUT2D eigenvalue weighted by molar-refractivity contribution is 0.232. The number of hydrogen-bond acceptors (Lipinski definition) is 2. The van der Waals surface area contributed by atoms with E-state index in [1.54, 1.807) is 0 Å². The zero-order chi connectivity index (χ0) is 6.04. The van der Waals surface area contributed by atoms with E-state index in [-0.39, 0.29) is 0 Å². The van der Waals surface area contributed by atoms with Crippen LogP contribution in [0.5, 0.6) is 0 Å². The van der Waals surface area contributed by atoms with Crippen molar-refractivity contribution in [1.29, 1.82) is 0 Å². The fourth-order valence-corrected chi connectivity index (χ4v) is 0.442. The third kappa shape index (κ3) is 0.637.